The maximum Gasteiger partial charge on any atom is 0.234 e. The molecule has 0 spiro atoms. The molecule has 6 heteroatoms. The van der Waals surface area contributed by atoms with E-state index >= 15 is 0 Å². The molecule has 1 aliphatic heterocycles. The second kappa shape index (κ2) is 5.70. The van der Waals surface area contributed by atoms with Crippen LogP contribution in [0.2, 0.25) is 0 Å². The highest BCUT2D eigenvalue weighted by atomic mass is 19.1. The summed E-state index contributed by atoms with van der Waals surface area (Å²) in [4.78, 5) is 22.7. The lowest BCUT2D eigenvalue weighted by Gasteiger charge is -2.37. The van der Waals surface area contributed by atoms with Gasteiger partial charge < -0.3 is 14.6 Å². The lowest BCUT2D eigenvalue weighted by atomic mass is 9.93. The van der Waals surface area contributed by atoms with Crippen LogP contribution >= 0.6 is 0 Å². The van der Waals surface area contributed by atoms with Crippen molar-refractivity contribution in [3.8, 4) is 0 Å². The summed E-state index contributed by atoms with van der Waals surface area (Å²) in [6.45, 7) is 3.33. The zero-order valence-electron chi connectivity index (χ0n) is 13.6. The number of nitrogens with one attached hydrogen (secondary N) is 1. The Morgan fingerprint density at radius 2 is 2.21 bits per heavy atom. The number of rotatable bonds is 3. The van der Waals surface area contributed by atoms with E-state index < -0.39 is 5.41 Å². The van der Waals surface area contributed by atoms with Crippen LogP contribution in [0.5, 0.6) is 0 Å². The number of H-pyrrole nitrogens is 1. The molecule has 2 aromatic rings. The molecule has 1 aromatic carbocycles. The highest BCUT2D eigenvalue weighted by molar-refractivity contribution is 5.91. The average Bonchev–Trinajstić information content (AvgIpc) is 3.29. The van der Waals surface area contributed by atoms with E-state index in [0.717, 1.165) is 11.5 Å². The second-order valence-corrected chi connectivity index (χ2v) is 6.60. The third kappa shape index (κ3) is 2.41. The number of amides is 1. The van der Waals surface area contributed by atoms with Gasteiger partial charge in [0.15, 0.2) is 0 Å². The molecule has 24 heavy (non-hydrogen) atoms. The van der Waals surface area contributed by atoms with Crippen molar-refractivity contribution in [3.05, 3.63) is 53.4 Å². The smallest absolute Gasteiger partial charge is 0.234 e. The molecule has 1 unspecified atom stereocenters. The summed E-state index contributed by atoms with van der Waals surface area (Å²) < 4.78 is 19.8. The molecule has 2 fully saturated rings. The van der Waals surface area contributed by atoms with Gasteiger partial charge in [0.1, 0.15) is 17.7 Å². The van der Waals surface area contributed by atoms with Gasteiger partial charge in [-0.15, -0.1) is 0 Å². The van der Waals surface area contributed by atoms with E-state index in [-0.39, 0.29) is 17.8 Å². The molecule has 1 saturated carbocycles. The van der Waals surface area contributed by atoms with Gasteiger partial charge in [-0.25, -0.2) is 9.37 Å². The highest BCUT2D eigenvalue weighted by Gasteiger charge is 2.55. The first-order valence-electron chi connectivity index (χ1n) is 8.27. The topological polar surface area (TPSA) is 58.2 Å². The number of morpholine rings is 1. The van der Waals surface area contributed by atoms with Gasteiger partial charge in [0.25, 0.3) is 0 Å². The van der Waals surface area contributed by atoms with Crippen LogP contribution in [0.4, 0.5) is 4.39 Å². The number of carbonyl (C=O) groups is 1. The Morgan fingerprint density at radius 1 is 1.42 bits per heavy atom. The van der Waals surface area contributed by atoms with Crippen molar-refractivity contribution >= 4 is 5.91 Å². The number of carbonyl (C=O) groups excluding carboxylic acids is 1. The lowest BCUT2D eigenvalue weighted by molar-refractivity contribution is -0.143. The maximum absolute atomic E-state index is 14.3. The summed E-state index contributed by atoms with van der Waals surface area (Å²) in [5.41, 5.74) is 0.733. The first-order valence-corrected chi connectivity index (χ1v) is 8.27. The number of aromatic nitrogens is 2. The largest absolute Gasteiger partial charge is 0.377 e. The van der Waals surface area contributed by atoms with Gasteiger partial charge >= 0.3 is 0 Å². The summed E-state index contributed by atoms with van der Waals surface area (Å²) in [5.74, 6) is 0.404. The molecule has 1 saturated heterocycles. The van der Waals surface area contributed by atoms with Crippen molar-refractivity contribution in [2.75, 3.05) is 19.8 Å². The summed E-state index contributed by atoms with van der Waals surface area (Å²) in [7, 11) is 0. The van der Waals surface area contributed by atoms with Gasteiger partial charge in [0, 0.05) is 24.0 Å². The van der Waals surface area contributed by atoms with Gasteiger partial charge in [0.05, 0.1) is 18.6 Å². The quantitative estimate of drug-likeness (QED) is 0.941. The van der Waals surface area contributed by atoms with Gasteiger partial charge in [0.2, 0.25) is 5.91 Å². The van der Waals surface area contributed by atoms with E-state index in [9.17, 15) is 9.18 Å². The Kier molecular flexibility index (Phi) is 3.64. The van der Waals surface area contributed by atoms with Gasteiger partial charge in [-0.3, -0.25) is 4.79 Å². The van der Waals surface area contributed by atoms with Crippen molar-refractivity contribution in [1.82, 2.24) is 14.9 Å². The molecular weight excluding hydrogens is 309 g/mol. The van der Waals surface area contributed by atoms with Crippen molar-refractivity contribution in [2.45, 2.75) is 31.2 Å². The Bertz CT molecular complexity index is 769. The molecule has 1 atom stereocenters. The van der Waals surface area contributed by atoms with E-state index in [4.69, 9.17) is 4.74 Å². The second-order valence-electron chi connectivity index (χ2n) is 6.60. The van der Waals surface area contributed by atoms with Crippen LogP contribution in [-0.4, -0.2) is 40.5 Å². The average molecular weight is 329 g/mol. The van der Waals surface area contributed by atoms with E-state index in [1.807, 2.05) is 6.92 Å². The highest BCUT2D eigenvalue weighted by Crippen LogP contribution is 2.51. The van der Waals surface area contributed by atoms with E-state index in [1.165, 1.54) is 6.07 Å². The number of aromatic amines is 1. The summed E-state index contributed by atoms with van der Waals surface area (Å²) >= 11 is 0. The Labute approximate surface area is 139 Å². The minimum absolute atomic E-state index is 0.0186. The van der Waals surface area contributed by atoms with Crippen LogP contribution in [0.3, 0.4) is 0 Å². The number of benzene rings is 1. The Balaban J connectivity index is 1.66. The van der Waals surface area contributed by atoms with Crippen LogP contribution < -0.4 is 0 Å². The molecule has 0 bridgehead atoms. The third-order valence-corrected chi connectivity index (χ3v) is 4.98. The van der Waals surface area contributed by atoms with E-state index in [0.29, 0.717) is 38.2 Å². The minimum Gasteiger partial charge on any atom is -0.377 e. The van der Waals surface area contributed by atoms with Crippen LogP contribution in [-0.2, 0) is 14.9 Å². The zero-order chi connectivity index (χ0) is 16.7. The molecule has 5 nitrogen and oxygen atoms in total. The number of hydrogen-bond donors (Lipinski definition) is 1. The van der Waals surface area contributed by atoms with Crippen molar-refractivity contribution in [1.29, 1.82) is 0 Å². The third-order valence-electron chi connectivity index (χ3n) is 4.98. The van der Waals surface area contributed by atoms with E-state index in [2.05, 4.69) is 9.97 Å². The van der Waals surface area contributed by atoms with Crippen LogP contribution in [0.25, 0.3) is 0 Å². The minimum atomic E-state index is -0.720. The van der Waals surface area contributed by atoms with Gasteiger partial charge in [-0.2, -0.15) is 0 Å². The predicted molar refractivity (Wildman–Crippen MR) is 85.9 cm³/mol. The number of aryl methyl sites for hydroxylation is 1. The molecule has 126 valence electrons. The van der Waals surface area contributed by atoms with Crippen LogP contribution in [0.1, 0.15) is 36.0 Å². The molecule has 2 aliphatic rings. The standard InChI is InChI=1S/C18H20FN3O2/c1-12-10-20-16(21-12)15-11-24-9-8-22(15)17(23)18(6-7-18)13-4-2-3-5-14(13)19/h2-5,10,15H,6-9,11H2,1H3,(H,20,21). The van der Waals surface area contributed by atoms with Gasteiger partial charge in [-0.1, -0.05) is 18.2 Å². The number of nitrogens with zero attached hydrogens (tertiary/aromatic N) is 2. The molecule has 1 aromatic heterocycles. The molecule has 1 N–H and O–H groups in total. The van der Waals surface area contributed by atoms with Crippen LogP contribution in [0.15, 0.2) is 30.5 Å². The van der Waals surface area contributed by atoms with Crippen molar-refractivity contribution in [2.24, 2.45) is 0 Å². The fraction of sp³-hybridized carbons (Fsp3) is 0.444. The summed E-state index contributed by atoms with van der Waals surface area (Å²) in [6, 6.07) is 6.35. The summed E-state index contributed by atoms with van der Waals surface area (Å²) in [5, 5.41) is 0. The molecule has 1 aliphatic carbocycles. The van der Waals surface area contributed by atoms with Gasteiger partial charge in [-0.05, 0) is 25.8 Å². The predicted octanol–water partition coefficient (Wildman–Crippen LogP) is 2.49. The maximum atomic E-state index is 14.3. The normalized spacial score (nSPS) is 22.4. The molecule has 2 heterocycles. The first kappa shape index (κ1) is 15.3. The number of hydrogen-bond acceptors (Lipinski definition) is 3. The Hall–Kier alpha value is -2.21. The fourth-order valence-electron chi connectivity index (χ4n) is 3.52. The number of halogens is 1. The Morgan fingerprint density at radius 3 is 2.88 bits per heavy atom. The molecule has 0 radical (unpaired) electrons. The number of imidazole rings is 1. The monoisotopic (exact) mass is 329 g/mol. The lowest BCUT2D eigenvalue weighted by Crippen LogP contribution is -2.48. The summed E-state index contributed by atoms with van der Waals surface area (Å²) in [6.07, 6.45) is 3.12. The molecule has 1 amide bonds. The zero-order valence-corrected chi connectivity index (χ0v) is 13.6. The number of ether oxygens (including phenoxy) is 1. The van der Waals surface area contributed by atoms with Crippen LogP contribution in [0, 0.1) is 12.7 Å². The SMILES string of the molecule is Cc1cnc(C2COCCN2C(=O)C2(c3ccccc3F)CC2)[nH]1. The van der Waals surface area contributed by atoms with Crippen molar-refractivity contribution < 1.29 is 13.9 Å². The molecule has 4 rings (SSSR count). The van der Waals surface area contributed by atoms with E-state index in [1.54, 1.807) is 29.3 Å². The van der Waals surface area contributed by atoms with Crippen molar-refractivity contribution in [3.63, 3.8) is 0 Å². The molecular formula is C18H20FN3O2. The fourth-order valence-corrected chi connectivity index (χ4v) is 3.52. The first-order chi connectivity index (χ1) is 11.6.